The molecule has 17 heavy (non-hydrogen) atoms. The summed E-state index contributed by atoms with van der Waals surface area (Å²) >= 11 is 0.537. The van der Waals surface area contributed by atoms with Gasteiger partial charge in [0.1, 0.15) is 0 Å². The molecule has 0 aliphatic rings. The Labute approximate surface area is 102 Å². The first-order valence-electron chi connectivity index (χ1n) is 4.32. The lowest BCUT2D eigenvalue weighted by molar-refractivity contribution is 0.582. The Bertz CT molecular complexity index is 653. The summed E-state index contributed by atoms with van der Waals surface area (Å²) in [6, 6.07) is 0. The van der Waals surface area contributed by atoms with Crippen LogP contribution in [-0.2, 0) is 20.0 Å². The van der Waals surface area contributed by atoms with Crippen molar-refractivity contribution < 1.29 is 16.8 Å². The SMILES string of the molecule is Cc1[nH]c(=O)sc1S(=O)(=O)NCCS(N)(=O)=O. The highest BCUT2D eigenvalue weighted by Crippen LogP contribution is 2.14. The molecule has 0 unspecified atom stereocenters. The van der Waals surface area contributed by atoms with E-state index >= 15 is 0 Å². The number of aryl methyl sites for hydroxylation is 1. The smallest absolute Gasteiger partial charge is 0.305 e. The Balaban J connectivity index is 2.84. The summed E-state index contributed by atoms with van der Waals surface area (Å²) in [6.07, 6.45) is 0. The van der Waals surface area contributed by atoms with Gasteiger partial charge < -0.3 is 4.98 Å². The summed E-state index contributed by atoms with van der Waals surface area (Å²) in [5.41, 5.74) is 0.211. The maximum absolute atomic E-state index is 11.7. The van der Waals surface area contributed by atoms with Gasteiger partial charge in [-0.2, -0.15) is 0 Å². The summed E-state index contributed by atoms with van der Waals surface area (Å²) in [5.74, 6) is -0.509. The molecule has 0 aliphatic carbocycles. The fourth-order valence-corrected chi connectivity index (χ4v) is 3.92. The van der Waals surface area contributed by atoms with Crippen molar-refractivity contribution in [2.24, 2.45) is 5.14 Å². The molecule has 11 heteroatoms. The van der Waals surface area contributed by atoms with E-state index in [0.717, 1.165) is 0 Å². The summed E-state index contributed by atoms with van der Waals surface area (Å²) in [4.78, 5) is 12.8. The van der Waals surface area contributed by atoms with E-state index in [1.54, 1.807) is 0 Å². The van der Waals surface area contributed by atoms with Gasteiger partial charge in [0.2, 0.25) is 10.0 Å². The zero-order chi connectivity index (χ0) is 13.3. The Hall–Kier alpha value is -0.750. The zero-order valence-corrected chi connectivity index (χ0v) is 11.2. The monoisotopic (exact) mass is 301 g/mol. The molecule has 0 spiro atoms. The van der Waals surface area contributed by atoms with E-state index in [1.165, 1.54) is 6.92 Å². The van der Waals surface area contributed by atoms with Crippen molar-refractivity contribution in [2.45, 2.75) is 11.1 Å². The van der Waals surface area contributed by atoms with Crippen LogP contribution in [0.25, 0.3) is 0 Å². The van der Waals surface area contributed by atoms with Crippen LogP contribution in [0.5, 0.6) is 0 Å². The normalized spacial score (nSPS) is 12.8. The van der Waals surface area contributed by atoms with Crippen LogP contribution in [0.4, 0.5) is 0 Å². The van der Waals surface area contributed by atoms with Gasteiger partial charge >= 0.3 is 4.87 Å². The summed E-state index contributed by atoms with van der Waals surface area (Å²) < 4.78 is 46.4. The van der Waals surface area contributed by atoms with E-state index in [1.807, 2.05) is 0 Å². The molecular weight excluding hydrogens is 290 g/mol. The molecular formula is C6H11N3O5S3. The standard InChI is InChI=1S/C6H11N3O5S3/c1-4-5(15-6(10)9-4)17(13,14)8-2-3-16(7,11)12/h8H,2-3H2,1H3,(H,9,10)(H2,7,11,12). The fourth-order valence-electron chi connectivity index (χ4n) is 1.03. The molecule has 4 N–H and O–H groups in total. The molecule has 0 saturated heterocycles. The molecule has 0 saturated carbocycles. The number of thiazole rings is 1. The number of H-pyrrole nitrogens is 1. The highest BCUT2D eigenvalue weighted by atomic mass is 32.2. The molecule has 0 fully saturated rings. The number of primary sulfonamides is 1. The van der Waals surface area contributed by atoms with Crippen LogP contribution in [0.15, 0.2) is 9.00 Å². The fraction of sp³-hybridized carbons (Fsp3) is 0.500. The van der Waals surface area contributed by atoms with Crippen molar-refractivity contribution in [3.63, 3.8) is 0 Å². The van der Waals surface area contributed by atoms with Crippen molar-refractivity contribution in [2.75, 3.05) is 12.3 Å². The van der Waals surface area contributed by atoms with Gasteiger partial charge in [-0.3, -0.25) is 4.79 Å². The largest absolute Gasteiger partial charge is 0.315 e. The van der Waals surface area contributed by atoms with E-state index in [9.17, 15) is 21.6 Å². The highest BCUT2D eigenvalue weighted by Gasteiger charge is 2.20. The third-order valence-corrected chi connectivity index (χ3v) is 5.54. The first-order valence-corrected chi connectivity index (χ1v) is 8.33. The molecule has 1 aromatic rings. The topological polar surface area (TPSA) is 139 Å². The third-order valence-electron chi connectivity index (χ3n) is 1.70. The van der Waals surface area contributed by atoms with Crippen LogP contribution in [0.2, 0.25) is 0 Å². The Morgan fingerprint density at radius 2 is 1.94 bits per heavy atom. The maximum atomic E-state index is 11.7. The van der Waals surface area contributed by atoms with E-state index in [0.29, 0.717) is 11.3 Å². The predicted molar refractivity (Wildman–Crippen MR) is 62.8 cm³/mol. The Kier molecular flexibility index (Phi) is 4.09. The first kappa shape index (κ1) is 14.3. The quantitative estimate of drug-likeness (QED) is 0.595. The second kappa shape index (κ2) is 4.86. The number of rotatable bonds is 5. The van der Waals surface area contributed by atoms with Crippen LogP contribution in [-0.4, -0.2) is 34.1 Å². The van der Waals surface area contributed by atoms with Crippen molar-refractivity contribution >= 4 is 31.4 Å². The van der Waals surface area contributed by atoms with Gasteiger partial charge in [0, 0.05) is 12.2 Å². The first-order chi connectivity index (χ1) is 7.62. The zero-order valence-electron chi connectivity index (χ0n) is 8.76. The molecule has 0 atom stereocenters. The molecule has 1 rings (SSSR count). The van der Waals surface area contributed by atoms with E-state index < -0.39 is 30.7 Å². The number of hydrogen-bond acceptors (Lipinski definition) is 6. The van der Waals surface area contributed by atoms with Crippen LogP contribution in [0, 0.1) is 6.92 Å². The maximum Gasteiger partial charge on any atom is 0.305 e. The number of nitrogens with two attached hydrogens (primary N) is 1. The van der Waals surface area contributed by atoms with Gasteiger partial charge in [0.15, 0.2) is 4.21 Å². The molecule has 0 bridgehead atoms. The van der Waals surface area contributed by atoms with Crippen molar-refractivity contribution in [3.8, 4) is 0 Å². The molecule has 0 amide bonds. The highest BCUT2D eigenvalue weighted by molar-refractivity contribution is 7.91. The Morgan fingerprint density at radius 1 is 1.35 bits per heavy atom. The average Bonchev–Trinajstić information content (AvgIpc) is 2.43. The number of nitrogens with one attached hydrogen (secondary N) is 2. The van der Waals surface area contributed by atoms with Gasteiger partial charge in [0.05, 0.1) is 5.75 Å². The van der Waals surface area contributed by atoms with Crippen molar-refractivity contribution in [3.05, 3.63) is 15.4 Å². The lowest BCUT2D eigenvalue weighted by Crippen LogP contribution is -2.31. The van der Waals surface area contributed by atoms with Crippen molar-refractivity contribution in [1.82, 2.24) is 9.71 Å². The molecule has 8 nitrogen and oxygen atoms in total. The van der Waals surface area contributed by atoms with Crippen molar-refractivity contribution in [1.29, 1.82) is 0 Å². The van der Waals surface area contributed by atoms with Crippen LogP contribution < -0.4 is 14.7 Å². The molecule has 1 aromatic heterocycles. The summed E-state index contributed by atoms with van der Waals surface area (Å²) in [7, 11) is -7.60. The van der Waals surface area contributed by atoms with E-state index in [4.69, 9.17) is 5.14 Å². The number of sulfonamides is 2. The van der Waals surface area contributed by atoms with Crippen LogP contribution in [0.3, 0.4) is 0 Å². The van der Waals surface area contributed by atoms with Gasteiger partial charge in [-0.15, -0.1) is 0 Å². The molecule has 1 heterocycles. The van der Waals surface area contributed by atoms with E-state index in [-0.39, 0.29) is 16.4 Å². The van der Waals surface area contributed by atoms with Crippen LogP contribution >= 0.6 is 11.3 Å². The van der Waals surface area contributed by atoms with Gasteiger partial charge in [-0.05, 0) is 6.92 Å². The minimum Gasteiger partial charge on any atom is -0.315 e. The van der Waals surface area contributed by atoms with Gasteiger partial charge in [0.25, 0.3) is 10.0 Å². The summed E-state index contributed by atoms with van der Waals surface area (Å²) in [6.45, 7) is 1.10. The Morgan fingerprint density at radius 3 is 2.35 bits per heavy atom. The lowest BCUT2D eigenvalue weighted by atomic mass is 10.6. The van der Waals surface area contributed by atoms with E-state index in [2.05, 4.69) is 9.71 Å². The van der Waals surface area contributed by atoms with Gasteiger partial charge in [-0.25, -0.2) is 26.7 Å². The van der Waals surface area contributed by atoms with Crippen LogP contribution in [0.1, 0.15) is 5.69 Å². The molecule has 0 aromatic carbocycles. The molecule has 0 radical (unpaired) electrons. The number of hydrogen-bond donors (Lipinski definition) is 3. The second-order valence-electron chi connectivity index (χ2n) is 3.19. The molecule has 98 valence electrons. The summed E-state index contributed by atoms with van der Waals surface area (Å²) in [5, 5.41) is 4.72. The predicted octanol–water partition coefficient (Wildman–Crippen LogP) is -1.69. The minimum absolute atomic E-state index is 0.156. The van der Waals surface area contributed by atoms with Gasteiger partial charge in [-0.1, -0.05) is 11.3 Å². The molecule has 0 aliphatic heterocycles. The number of aromatic amines is 1. The lowest BCUT2D eigenvalue weighted by Gasteiger charge is -2.03. The third kappa shape index (κ3) is 4.20. The number of aromatic nitrogens is 1. The minimum atomic E-state index is -3.88. The second-order valence-corrected chi connectivity index (χ2v) is 7.87. The average molecular weight is 301 g/mol.